The van der Waals surface area contributed by atoms with E-state index in [0.717, 1.165) is 19.0 Å². The van der Waals surface area contributed by atoms with E-state index >= 15 is 0 Å². The minimum Gasteiger partial charge on any atom is -0.371 e. The summed E-state index contributed by atoms with van der Waals surface area (Å²) in [6.45, 7) is 11.3. The summed E-state index contributed by atoms with van der Waals surface area (Å²) < 4.78 is 0. The molecule has 20 heavy (non-hydrogen) atoms. The maximum Gasteiger partial charge on any atom is 0.0412 e. The van der Waals surface area contributed by atoms with E-state index in [1.807, 2.05) is 0 Å². The van der Waals surface area contributed by atoms with Crippen LogP contribution in [-0.4, -0.2) is 19.6 Å². The lowest BCUT2D eigenvalue weighted by Crippen LogP contribution is -2.26. The third kappa shape index (κ3) is 4.24. The molecule has 2 heteroatoms. The fourth-order valence-electron chi connectivity index (χ4n) is 3.07. The summed E-state index contributed by atoms with van der Waals surface area (Å²) in [4.78, 5) is 2.60. The largest absolute Gasteiger partial charge is 0.371 e. The van der Waals surface area contributed by atoms with Crippen LogP contribution in [0.3, 0.4) is 0 Å². The predicted octanol–water partition coefficient (Wildman–Crippen LogP) is 4.12. The first-order valence-electron chi connectivity index (χ1n) is 8.26. The second-order valence-corrected chi connectivity index (χ2v) is 6.33. The van der Waals surface area contributed by atoms with Crippen molar-refractivity contribution in [2.45, 2.75) is 53.0 Å². The average Bonchev–Trinajstić information content (AvgIpc) is 2.64. The van der Waals surface area contributed by atoms with Crippen molar-refractivity contribution in [1.82, 2.24) is 5.32 Å². The number of nitrogens with one attached hydrogen (secondary N) is 1. The van der Waals surface area contributed by atoms with E-state index in [9.17, 15) is 0 Å². The van der Waals surface area contributed by atoms with Crippen LogP contribution in [0.2, 0.25) is 0 Å². The minimum atomic E-state index is 0.882. The molecule has 1 atom stereocenters. The molecule has 0 saturated carbocycles. The Kier molecular flexibility index (Phi) is 5.90. The number of nitrogens with zero attached hydrogens (tertiary/aromatic N) is 1. The number of rotatable bonds is 5. The van der Waals surface area contributed by atoms with E-state index in [-0.39, 0.29) is 0 Å². The van der Waals surface area contributed by atoms with E-state index in [4.69, 9.17) is 0 Å². The van der Waals surface area contributed by atoms with E-state index in [0.29, 0.717) is 0 Å². The summed E-state index contributed by atoms with van der Waals surface area (Å²) >= 11 is 0. The molecule has 0 aliphatic carbocycles. The Morgan fingerprint density at radius 3 is 2.90 bits per heavy atom. The molecular weight excluding hydrogens is 244 g/mol. The SMILES string of the molecule is CCCNCc1cc(C)ccc1N1CCCC(C)CC1. The Morgan fingerprint density at radius 1 is 1.25 bits per heavy atom. The molecule has 1 N–H and O–H groups in total. The summed E-state index contributed by atoms with van der Waals surface area (Å²) in [6, 6.07) is 6.94. The molecule has 0 spiro atoms. The van der Waals surface area contributed by atoms with Gasteiger partial charge in [-0.3, -0.25) is 0 Å². The van der Waals surface area contributed by atoms with Crippen molar-refractivity contribution in [2.24, 2.45) is 5.92 Å². The molecule has 1 aromatic rings. The average molecular weight is 274 g/mol. The summed E-state index contributed by atoms with van der Waals surface area (Å²) in [6.07, 6.45) is 5.24. The lowest BCUT2D eigenvalue weighted by Gasteiger charge is -2.26. The van der Waals surface area contributed by atoms with Crippen LogP contribution in [0, 0.1) is 12.8 Å². The molecule has 112 valence electrons. The van der Waals surface area contributed by atoms with Crippen molar-refractivity contribution in [1.29, 1.82) is 0 Å². The molecule has 1 heterocycles. The Balaban J connectivity index is 2.12. The maximum atomic E-state index is 3.56. The van der Waals surface area contributed by atoms with Crippen molar-refractivity contribution in [3.63, 3.8) is 0 Å². The number of benzene rings is 1. The number of aryl methyl sites for hydroxylation is 1. The fraction of sp³-hybridized carbons (Fsp3) is 0.667. The predicted molar refractivity (Wildman–Crippen MR) is 88.4 cm³/mol. The molecule has 0 amide bonds. The zero-order chi connectivity index (χ0) is 14.4. The summed E-state index contributed by atoms with van der Waals surface area (Å²) in [7, 11) is 0. The molecule has 1 fully saturated rings. The monoisotopic (exact) mass is 274 g/mol. The van der Waals surface area contributed by atoms with Crippen LogP contribution in [0.5, 0.6) is 0 Å². The van der Waals surface area contributed by atoms with Crippen molar-refractivity contribution in [3.8, 4) is 0 Å². The van der Waals surface area contributed by atoms with Crippen LogP contribution in [0.1, 0.15) is 50.7 Å². The van der Waals surface area contributed by atoms with Crippen molar-refractivity contribution in [3.05, 3.63) is 29.3 Å². The first-order chi connectivity index (χ1) is 9.70. The van der Waals surface area contributed by atoms with Gasteiger partial charge in [-0.2, -0.15) is 0 Å². The van der Waals surface area contributed by atoms with Gasteiger partial charge in [0, 0.05) is 25.3 Å². The smallest absolute Gasteiger partial charge is 0.0412 e. The fourth-order valence-corrected chi connectivity index (χ4v) is 3.07. The summed E-state index contributed by atoms with van der Waals surface area (Å²) in [5, 5.41) is 3.56. The zero-order valence-electron chi connectivity index (χ0n) is 13.4. The normalized spacial score (nSPS) is 19.9. The Bertz CT molecular complexity index is 414. The third-order valence-electron chi connectivity index (χ3n) is 4.33. The minimum absolute atomic E-state index is 0.882. The van der Waals surface area contributed by atoms with Crippen molar-refractivity contribution in [2.75, 3.05) is 24.5 Å². The lowest BCUT2D eigenvalue weighted by atomic mass is 10.0. The zero-order valence-corrected chi connectivity index (χ0v) is 13.4. The lowest BCUT2D eigenvalue weighted by molar-refractivity contribution is 0.521. The van der Waals surface area contributed by atoms with Gasteiger partial charge in [0.05, 0.1) is 0 Å². The van der Waals surface area contributed by atoms with Crippen LogP contribution < -0.4 is 10.2 Å². The standard InChI is InChI=1S/C18H30N2/c1-4-10-19-14-17-13-16(3)7-8-18(17)20-11-5-6-15(2)9-12-20/h7-8,13,15,19H,4-6,9-12,14H2,1-3H3. The molecule has 1 aromatic carbocycles. The Labute approximate surface area is 124 Å². The highest BCUT2D eigenvalue weighted by molar-refractivity contribution is 5.55. The second kappa shape index (κ2) is 7.68. The molecular formula is C18H30N2. The van der Waals surface area contributed by atoms with Gasteiger partial charge in [0.1, 0.15) is 0 Å². The van der Waals surface area contributed by atoms with Crippen LogP contribution in [-0.2, 0) is 6.54 Å². The highest BCUT2D eigenvalue weighted by Gasteiger charge is 2.16. The molecule has 0 bridgehead atoms. The van der Waals surface area contributed by atoms with Crippen LogP contribution in [0.4, 0.5) is 5.69 Å². The summed E-state index contributed by atoms with van der Waals surface area (Å²) in [5.74, 6) is 0.882. The molecule has 1 aliphatic rings. The summed E-state index contributed by atoms with van der Waals surface area (Å²) in [5.41, 5.74) is 4.28. The van der Waals surface area contributed by atoms with Crippen LogP contribution in [0.15, 0.2) is 18.2 Å². The number of anilines is 1. The van der Waals surface area contributed by atoms with Crippen molar-refractivity contribution >= 4 is 5.69 Å². The molecule has 0 aromatic heterocycles. The van der Waals surface area contributed by atoms with Crippen LogP contribution >= 0.6 is 0 Å². The van der Waals surface area contributed by atoms with Crippen LogP contribution in [0.25, 0.3) is 0 Å². The van der Waals surface area contributed by atoms with Gasteiger partial charge in [0.2, 0.25) is 0 Å². The van der Waals surface area contributed by atoms with Gasteiger partial charge in [-0.05, 0) is 56.7 Å². The van der Waals surface area contributed by atoms with Gasteiger partial charge in [-0.15, -0.1) is 0 Å². The highest BCUT2D eigenvalue weighted by atomic mass is 15.1. The Hall–Kier alpha value is -1.02. The molecule has 1 unspecified atom stereocenters. The van der Waals surface area contributed by atoms with E-state index < -0.39 is 0 Å². The van der Waals surface area contributed by atoms with Crippen molar-refractivity contribution < 1.29 is 0 Å². The molecule has 1 aliphatic heterocycles. The molecule has 1 saturated heterocycles. The van der Waals surface area contributed by atoms with Gasteiger partial charge in [-0.25, -0.2) is 0 Å². The third-order valence-corrected chi connectivity index (χ3v) is 4.33. The van der Waals surface area contributed by atoms with E-state index in [1.165, 1.54) is 55.6 Å². The molecule has 2 nitrogen and oxygen atoms in total. The topological polar surface area (TPSA) is 15.3 Å². The quantitative estimate of drug-likeness (QED) is 0.813. The molecule has 2 rings (SSSR count). The van der Waals surface area contributed by atoms with Gasteiger partial charge in [0.25, 0.3) is 0 Å². The first kappa shape index (κ1) is 15.4. The first-order valence-corrected chi connectivity index (χ1v) is 8.26. The second-order valence-electron chi connectivity index (χ2n) is 6.33. The maximum absolute atomic E-state index is 3.56. The van der Waals surface area contributed by atoms with Gasteiger partial charge in [-0.1, -0.05) is 31.5 Å². The Morgan fingerprint density at radius 2 is 2.10 bits per heavy atom. The van der Waals surface area contributed by atoms with Gasteiger partial charge in [0.15, 0.2) is 0 Å². The van der Waals surface area contributed by atoms with Gasteiger partial charge < -0.3 is 10.2 Å². The van der Waals surface area contributed by atoms with Gasteiger partial charge >= 0.3 is 0 Å². The number of hydrogen-bond donors (Lipinski definition) is 1. The molecule has 0 radical (unpaired) electrons. The highest BCUT2D eigenvalue weighted by Crippen LogP contribution is 2.26. The van der Waals surface area contributed by atoms with E-state index in [1.54, 1.807) is 0 Å². The van der Waals surface area contributed by atoms with E-state index in [2.05, 4.69) is 49.2 Å². The number of hydrogen-bond acceptors (Lipinski definition) is 2.